The molecule has 0 radical (unpaired) electrons. The lowest BCUT2D eigenvalue weighted by Gasteiger charge is -2.51. The topological polar surface area (TPSA) is 79.0 Å². The fourth-order valence-electron chi connectivity index (χ4n) is 6.46. The maximum Gasteiger partial charge on any atom is 0.171 e. The minimum absolute atomic E-state index is 0.341. The number of halogens is 1. The highest BCUT2D eigenvalue weighted by molar-refractivity contribution is 5.75. The predicted molar refractivity (Wildman–Crippen MR) is 146 cm³/mol. The van der Waals surface area contributed by atoms with E-state index in [2.05, 4.69) is 55.1 Å². The van der Waals surface area contributed by atoms with Gasteiger partial charge in [0.1, 0.15) is 23.1 Å². The van der Waals surface area contributed by atoms with Gasteiger partial charge in [-0.1, -0.05) is 6.07 Å². The normalized spacial score (nSPS) is 24.6. The molecule has 6 rings (SSSR count). The first-order chi connectivity index (χ1) is 18.5. The minimum Gasteiger partial charge on any atom is -0.367 e. The molecule has 3 fully saturated rings. The molecular formula is C28H36FN9. The van der Waals surface area contributed by atoms with Crippen molar-refractivity contribution in [2.45, 2.75) is 37.9 Å². The summed E-state index contributed by atoms with van der Waals surface area (Å²) >= 11 is 0. The summed E-state index contributed by atoms with van der Waals surface area (Å²) in [6.07, 6.45) is 5.39. The van der Waals surface area contributed by atoms with Gasteiger partial charge in [-0.15, -0.1) is 0 Å². The van der Waals surface area contributed by atoms with Crippen LogP contribution in [0.2, 0.25) is 0 Å². The molecule has 3 aromatic heterocycles. The van der Waals surface area contributed by atoms with Crippen molar-refractivity contribution in [3.63, 3.8) is 0 Å². The van der Waals surface area contributed by atoms with Crippen molar-refractivity contribution < 1.29 is 4.39 Å². The molecule has 38 heavy (non-hydrogen) atoms. The van der Waals surface area contributed by atoms with Crippen LogP contribution in [0.5, 0.6) is 0 Å². The monoisotopic (exact) mass is 517 g/mol. The molecule has 3 aliphatic rings. The Morgan fingerprint density at radius 1 is 1.05 bits per heavy atom. The summed E-state index contributed by atoms with van der Waals surface area (Å²) in [4.78, 5) is 14.5. The van der Waals surface area contributed by atoms with Gasteiger partial charge in [0.15, 0.2) is 5.82 Å². The number of pyridine rings is 2. The molecule has 0 bridgehead atoms. The lowest BCUT2D eigenvalue weighted by atomic mass is 10.0. The lowest BCUT2D eigenvalue weighted by Crippen LogP contribution is -2.65. The second kappa shape index (κ2) is 10.5. The van der Waals surface area contributed by atoms with Gasteiger partial charge >= 0.3 is 0 Å². The number of piperazine rings is 2. The Hall–Kier alpha value is -3.26. The number of hydrogen-bond donors (Lipinski definition) is 1. The third-order valence-corrected chi connectivity index (χ3v) is 8.59. The molecule has 3 aliphatic heterocycles. The van der Waals surface area contributed by atoms with Crippen LogP contribution in [0.25, 0.3) is 5.52 Å². The van der Waals surface area contributed by atoms with E-state index in [-0.39, 0.29) is 5.82 Å². The van der Waals surface area contributed by atoms with Gasteiger partial charge in [0.25, 0.3) is 0 Å². The molecule has 0 aliphatic carbocycles. The summed E-state index contributed by atoms with van der Waals surface area (Å²) < 4.78 is 16.2. The molecule has 9 nitrogen and oxygen atoms in total. The zero-order valence-corrected chi connectivity index (χ0v) is 22.2. The number of likely N-dealkylation sites (N-methyl/N-ethyl adjacent to an activating group) is 1. The van der Waals surface area contributed by atoms with Gasteiger partial charge in [0.05, 0.1) is 11.9 Å². The SMILES string of the molecule is CNC1CCN(c2ccc(CCN3CCN4C(C)CN(c5ccc(C#N)n6ncc(F)c56)CC4C3)cn2)C1. The molecule has 0 aromatic carbocycles. The van der Waals surface area contributed by atoms with Crippen molar-refractivity contribution in [2.75, 3.05) is 69.2 Å². The fourth-order valence-corrected chi connectivity index (χ4v) is 6.46. The largest absolute Gasteiger partial charge is 0.367 e. The van der Waals surface area contributed by atoms with Crippen LogP contribution in [0.15, 0.2) is 36.7 Å². The van der Waals surface area contributed by atoms with Gasteiger partial charge in [0, 0.05) is 76.7 Å². The first-order valence-electron chi connectivity index (χ1n) is 13.7. The van der Waals surface area contributed by atoms with E-state index >= 15 is 0 Å². The van der Waals surface area contributed by atoms with Crippen LogP contribution in [-0.2, 0) is 6.42 Å². The summed E-state index contributed by atoms with van der Waals surface area (Å²) in [5.74, 6) is 0.687. The molecule has 3 unspecified atom stereocenters. The van der Waals surface area contributed by atoms with Crippen LogP contribution in [0, 0.1) is 17.1 Å². The first-order valence-corrected chi connectivity index (χ1v) is 13.7. The van der Waals surface area contributed by atoms with E-state index in [1.54, 1.807) is 6.07 Å². The number of rotatable bonds is 6. The Morgan fingerprint density at radius 3 is 2.71 bits per heavy atom. The van der Waals surface area contributed by atoms with Crippen LogP contribution < -0.4 is 15.1 Å². The quantitative estimate of drug-likeness (QED) is 0.532. The molecule has 0 saturated carbocycles. The van der Waals surface area contributed by atoms with Gasteiger partial charge in [-0.3, -0.25) is 4.90 Å². The van der Waals surface area contributed by atoms with E-state index in [4.69, 9.17) is 4.98 Å². The van der Waals surface area contributed by atoms with E-state index in [9.17, 15) is 9.65 Å². The Labute approximate surface area is 223 Å². The van der Waals surface area contributed by atoms with Crippen LogP contribution in [0.3, 0.4) is 0 Å². The number of nitrogens with one attached hydrogen (secondary N) is 1. The Kier molecular flexibility index (Phi) is 6.91. The van der Waals surface area contributed by atoms with Crippen molar-refractivity contribution in [1.29, 1.82) is 5.26 Å². The summed E-state index contributed by atoms with van der Waals surface area (Å²) in [6, 6.07) is 11.4. The van der Waals surface area contributed by atoms with Gasteiger partial charge in [-0.25, -0.2) is 13.9 Å². The average molecular weight is 518 g/mol. The maximum atomic E-state index is 14.7. The maximum absolute atomic E-state index is 14.7. The summed E-state index contributed by atoms with van der Waals surface area (Å²) in [5.41, 5.74) is 2.82. The van der Waals surface area contributed by atoms with Gasteiger partial charge in [0.2, 0.25) is 0 Å². The highest BCUT2D eigenvalue weighted by Crippen LogP contribution is 2.30. The molecule has 10 heteroatoms. The van der Waals surface area contributed by atoms with Crippen molar-refractivity contribution in [2.24, 2.45) is 0 Å². The summed E-state index contributed by atoms with van der Waals surface area (Å²) in [5, 5.41) is 16.9. The average Bonchev–Trinajstić information content (AvgIpc) is 3.59. The van der Waals surface area contributed by atoms with Crippen molar-refractivity contribution in [3.05, 3.63) is 53.7 Å². The van der Waals surface area contributed by atoms with Gasteiger partial charge in [-0.05, 0) is 50.6 Å². The molecule has 200 valence electrons. The standard InChI is InChI=1S/C28H36FN9/c1-20-16-36(26-5-4-23(13-30)38-28(26)25(29)15-33-38)19-24-18-34(11-12-37(20)24)9-7-21-3-6-27(32-14-21)35-10-8-22(17-35)31-2/h3-6,14-15,20,22,24,31H,7-12,16-19H2,1-2H3. The van der Waals surface area contributed by atoms with Crippen molar-refractivity contribution >= 4 is 17.0 Å². The van der Waals surface area contributed by atoms with Gasteiger partial charge < -0.3 is 20.0 Å². The molecule has 0 amide bonds. The third-order valence-electron chi connectivity index (χ3n) is 8.59. The van der Waals surface area contributed by atoms with Crippen LogP contribution >= 0.6 is 0 Å². The molecule has 3 saturated heterocycles. The second-order valence-corrected chi connectivity index (χ2v) is 10.9. The van der Waals surface area contributed by atoms with E-state index in [1.165, 1.54) is 16.3 Å². The molecule has 6 heterocycles. The number of anilines is 2. The highest BCUT2D eigenvalue weighted by atomic mass is 19.1. The predicted octanol–water partition coefficient (Wildman–Crippen LogP) is 1.98. The third kappa shape index (κ3) is 4.70. The molecular weight excluding hydrogens is 481 g/mol. The summed E-state index contributed by atoms with van der Waals surface area (Å²) in [6.45, 7) is 10.1. The molecule has 3 atom stereocenters. The first kappa shape index (κ1) is 25.0. The Bertz CT molecular complexity index is 1320. The smallest absolute Gasteiger partial charge is 0.171 e. The van der Waals surface area contributed by atoms with Crippen molar-refractivity contribution in [1.82, 2.24) is 29.7 Å². The lowest BCUT2D eigenvalue weighted by molar-refractivity contribution is 0.0356. The Morgan fingerprint density at radius 2 is 1.95 bits per heavy atom. The van der Waals surface area contributed by atoms with E-state index in [0.717, 1.165) is 76.7 Å². The number of fused-ring (bicyclic) bond motifs is 2. The van der Waals surface area contributed by atoms with Crippen molar-refractivity contribution in [3.8, 4) is 6.07 Å². The fraction of sp³-hybridized carbons (Fsp3) is 0.536. The van der Waals surface area contributed by atoms with E-state index in [1.807, 2.05) is 19.3 Å². The van der Waals surface area contributed by atoms with E-state index < -0.39 is 0 Å². The zero-order valence-electron chi connectivity index (χ0n) is 22.2. The van der Waals surface area contributed by atoms with Gasteiger partial charge in [-0.2, -0.15) is 10.4 Å². The van der Waals surface area contributed by atoms with Crippen LogP contribution in [0.4, 0.5) is 15.9 Å². The van der Waals surface area contributed by atoms with Crippen LogP contribution in [0.1, 0.15) is 24.6 Å². The highest BCUT2D eigenvalue weighted by Gasteiger charge is 2.37. The number of nitrogens with zero attached hydrogens (tertiary/aromatic N) is 8. The van der Waals surface area contributed by atoms with Crippen LogP contribution in [-0.4, -0.2) is 102 Å². The minimum atomic E-state index is -0.385. The summed E-state index contributed by atoms with van der Waals surface area (Å²) in [7, 11) is 2.03. The number of nitriles is 1. The molecule has 0 spiro atoms. The zero-order chi connectivity index (χ0) is 26.2. The Balaban J connectivity index is 1.10. The number of hydrogen-bond acceptors (Lipinski definition) is 8. The number of aromatic nitrogens is 3. The second-order valence-electron chi connectivity index (χ2n) is 10.9. The molecule has 3 aromatic rings. The van der Waals surface area contributed by atoms with E-state index in [0.29, 0.717) is 29.3 Å². The molecule has 1 N–H and O–H groups in total.